The summed E-state index contributed by atoms with van der Waals surface area (Å²) in [4.78, 5) is 30.5. The molecular formula is C36H29N3O6S. The van der Waals surface area contributed by atoms with E-state index in [9.17, 15) is 14.9 Å². The van der Waals surface area contributed by atoms with Crippen molar-refractivity contribution in [3.05, 3.63) is 154 Å². The SMILES string of the molecule is COc1ccc([C@H]2C3=C(N=c4s/c(=C/c5cccc(OCc6ccc([N+](=O)[O-])cc6)c5)c(=O)n42)c2ccccc2CC3)cc1OC. The molecule has 5 aromatic rings. The molecule has 1 aromatic heterocycles. The van der Waals surface area contributed by atoms with Crippen molar-refractivity contribution in [2.75, 3.05) is 14.2 Å². The molecule has 0 saturated carbocycles. The Balaban J connectivity index is 1.29. The smallest absolute Gasteiger partial charge is 0.271 e. The van der Waals surface area contributed by atoms with E-state index in [1.165, 1.54) is 29.0 Å². The van der Waals surface area contributed by atoms with Crippen LogP contribution in [-0.2, 0) is 13.0 Å². The summed E-state index contributed by atoms with van der Waals surface area (Å²) in [5.74, 6) is 1.84. The number of benzene rings is 4. The number of ether oxygens (including phenoxy) is 3. The second-order valence-electron chi connectivity index (χ2n) is 11.0. The highest BCUT2D eigenvalue weighted by atomic mass is 32.1. The monoisotopic (exact) mass is 631 g/mol. The van der Waals surface area contributed by atoms with Gasteiger partial charge in [-0.05, 0) is 83.1 Å². The number of nitro benzene ring substituents is 1. The van der Waals surface area contributed by atoms with Gasteiger partial charge in [0.05, 0.1) is 35.4 Å². The van der Waals surface area contributed by atoms with Gasteiger partial charge in [-0.2, -0.15) is 0 Å². The van der Waals surface area contributed by atoms with Crippen molar-refractivity contribution in [1.82, 2.24) is 4.57 Å². The molecule has 230 valence electrons. The van der Waals surface area contributed by atoms with Gasteiger partial charge in [-0.15, -0.1) is 0 Å². The summed E-state index contributed by atoms with van der Waals surface area (Å²) in [6.45, 7) is 0.252. The van der Waals surface area contributed by atoms with Crippen molar-refractivity contribution < 1.29 is 19.1 Å². The van der Waals surface area contributed by atoms with Crippen LogP contribution in [0.15, 0.2) is 106 Å². The van der Waals surface area contributed by atoms with E-state index in [-0.39, 0.29) is 23.9 Å². The first kappa shape index (κ1) is 29.2. The Morgan fingerprint density at radius 3 is 2.54 bits per heavy atom. The molecule has 0 spiro atoms. The van der Waals surface area contributed by atoms with Gasteiger partial charge in [0.15, 0.2) is 16.3 Å². The number of fused-ring (bicyclic) bond motifs is 3. The number of thiazole rings is 1. The maximum Gasteiger partial charge on any atom is 0.271 e. The highest BCUT2D eigenvalue weighted by molar-refractivity contribution is 7.07. The Bertz CT molecular complexity index is 2200. The fraction of sp³-hybridized carbons (Fsp3) is 0.167. The number of hydrogen-bond donors (Lipinski definition) is 0. The minimum absolute atomic E-state index is 0.0330. The second-order valence-corrected chi connectivity index (χ2v) is 12.0. The lowest BCUT2D eigenvalue weighted by Crippen LogP contribution is -2.38. The normalized spacial score (nSPS) is 15.3. The molecule has 9 nitrogen and oxygen atoms in total. The lowest BCUT2D eigenvalue weighted by Gasteiger charge is -2.31. The fourth-order valence-corrected chi connectivity index (χ4v) is 7.07. The molecule has 0 N–H and O–H groups in total. The third-order valence-electron chi connectivity index (χ3n) is 8.30. The Labute approximate surface area is 268 Å². The molecule has 10 heteroatoms. The van der Waals surface area contributed by atoms with Crippen molar-refractivity contribution >= 4 is 28.8 Å². The van der Waals surface area contributed by atoms with E-state index in [0.717, 1.165) is 46.4 Å². The van der Waals surface area contributed by atoms with Gasteiger partial charge in [0, 0.05) is 17.7 Å². The highest BCUT2D eigenvalue weighted by Gasteiger charge is 2.33. The lowest BCUT2D eigenvalue weighted by atomic mass is 9.83. The van der Waals surface area contributed by atoms with Crippen LogP contribution in [0.4, 0.5) is 5.69 Å². The third-order valence-corrected chi connectivity index (χ3v) is 9.29. The number of nitrogens with zero attached hydrogens (tertiary/aromatic N) is 3. The molecule has 0 bridgehead atoms. The number of aryl methyl sites for hydroxylation is 1. The summed E-state index contributed by atoms with van der Waals surface area (Å²) >= 11 is 1.37. The van der Waals surface area contributed by atoms with Crippen LogP contribution < -0.4 is 29.1 Å². The molecule has 0 radical (unpaired) electrons. The molecule has 46 heavy (non-hydrogen) atoms. The van der Waals surface area contributed by atoms with Gasteiger partial charge in [-0.3, -0.25) is 19.5 Å². The van der Waals surface area contributed by atoms with Crippen LogP contribution in [0.1, 0.15) is 40.3 Å². The number of allylic oxidation sites excluding steroid dienone is 1. The lowest BCUT2D eigenvalue weighted by molar-refractivity contribution is -0.384. The number of non-ortho nitro benzene ring substituents is 1. The van der Waals surface area contributed by atoms with E-state index in [2.05, 4.69) is 18.2 Å². The number of nitro groups is 1. The van der Waals surface area contributed by atoms with Crippen LogP contribution in [-0.4, -0.2) is 23.7 Å². The van der Waals surface area contributed by atoms with Gasteiger partial charge < -0.3 is 14.2 Å². The molecule has 2 aliphatic rings. The Morgan fingerprint density at radius 1 is 0.957 bits per heavy atom. The topological polar surface area (TPSA) is 105 Å². The minimum Gasteiger partial charge on any atom is -0.493 e. The van der Waals surface area contributed by atoms with Gasteiger partial charge in [0.2, 0.25) is 0 Å². The zero-order valence-corrected chi connectivity index (χ0v) is 26.0. The van der Waals surface area contributed by atoms with Crippen molar-refractivity contribution in [2.24, 2.45) is 4.99 Å². The van der Waals surface area contributed by atoms with Crippen molar-refractivity contribution in [3.8, 4) is 17.2 Å². The van der Waals surface area contributed by atoms with Gasteiger partial charge in [0.25, 0.3) is 11.2 Å². The van der Waals surface area contributed by atoms with E-state index < -0.39 is 4.92 Å². The van der Waals surface area contributed by atoms with E-state index >= 15 is 0 Å². The molecule has 1 aliphatic heterocycles. The highest BCUT2D eigenvalue weighted by Crippen LogP contribution is 2.42. The molecule has 0 fully saturated rings. The second kappa shape index (κ2) is 12.1. The summed E-state index contributed by atoms with van der Waals surface area (Å²) in [6, 6.07) is 27.6. The molecule has 0 unspecified atom stereocenters. The molecule has 7 rings (SSSR count). The number of aromatic nitrogens is 1. The quantitative estimate of drug-likeness (QED) is 0.158. The average molecular weight is 632 g/mol. The van der Waals surface area contributed by atoms with Crippen molar-refractivity contribution in [3.63, 3.8) is 0 Å². The van der Waals surface area contributed by atoms with Crippen LogP contribution in [0.5, 0.6) is 17.2 Å². The Morgan fingerprint density at radius 2 is 1.76 bits per heavy atom. The minimum atomic E-state index is -0.428. The summed E-state index contributed by atoms with van der Waals surface area (Å²) in [5, 5.41) is 11.0. The average Bonchev–Trinajstić information content (AvgIpc) is 3.40. The first-order valence-corrected chi connectivity index (χ1v) is 15.6. The number of hydrogen-bond acceptors (Lipinski definition) is 8. The summed E-state index contributed by atoms with van der Waals surface area (Å²) in [5.41, 5.74) is 6.84. The van der Waals surface area contributed by atoms with E-state index in [1.54, 1.807) is 30.9 Å². The van der Waals surface area contributed by atoms with E-state index in [1.807, 2.05) is 54.6 Å². The van der Waals surface area contributed by atoms with Crippen LogP contribution in [0.25, 0.3) is 11.8 Å². The zero-order chi connectivity index (χ0) is 31.8. The molecular weight excluding hydrogens is 602 g/mol. The number of methoxy groups -OCH3 is 2. The molecule has 4 aromatic carbocycles. The molecule has 2 heterocycles. The van der Waals surface area contributed by atoms with Crippen LogP contribution in [0.3, 0.4) is 0 Å². The van der Waals surface area contributed by atoms with Crippen LogP contribution in [0.2, 0.25) is 0 Å². The maximum atomic E-state index is 14.2. The predicted molar refractivity (Wildman–Crippen MR) is 176 cm³/mol. The molecule has 0 amide bonds. The van der Waals surface area contributed by atoms with E-state index in [4.69, 9.17) is 19.2 Å². The van der Waals surface area contributed by atoms with Gasteiger partial charge in [-0.1, -0.05) is 53.8 Å². The van der Waals surface area contributed by atoms with Crippen molar-refractivity contribution in [1.29, 1.82) is 0 Å². The Hall–Kier alpha value is -5.48. The first-order chi connectivity index (χ1) is 22.4. The van der Waals surface area contributed by atoms with E-state index in [0.29, 0.717) is 26.6 Å². The van der Waals surface area contributed by atoms with Crippen LogP contribution >= 0.6 is 11.3 Å². The molecule has 1 atom stereocenters. The fourth-order valence-electron chi connectivity index (χ4n) is 6.07. The summed E-state index contributed by atoms with van der Waals surface area (Å²) in [7, 11) is 3.22. The summed E-state index contributed by atoms with van der Waals surface area (Å²) < 4.78 is 19.5. The maximum absolute atomic E-state index is 14.2. The molecule has 1 aliphatic carbocycles. The summed E-state index contributed by atoms with van der Waals surface area (Å²) in [6.07, 6.45) is 3.52. The largest absolute Gasteiger partial charge is 0.493 e. The van der Waals surface area contributed by atoms with Crippen molar-refractivity contribution in [2.45, 2.75) is 25.5 Å². The third kappa shape index (κ3) is 5.37. The van der Waals surface area contributed by atoms with Gasteiger partial charge in [-0.25, -0.2) is 4.99 Å². The standard InChI is InChI=1S/C36H29N3O6S/c1-43-30-17-13-25(20-31(30)44-2)34-29-16-12-24-7-3-4-9-28(24)33(29)37-36-38(34)35(40)32(46-36)19-23-6-5-8-27(18-23)45-21-22-10-14-26(15-11-22)39(41)42/h3-11,13-15,17-20,34H,12,16,21H2,1-2H3/b32-19+/t34-/m0/s1. The number of rotatable bonds is 8. The zero-order valence-electron chi connectivity index (χ0n) is 25.1. The predicted octanol–water partition coefficient (Wildman–Crippen LogP) is 5.82. The molecule has 0 saturated heterocycles. The first-order valence-electron chi connectivity index (χ1n) is 14.7. The Kier molecular flexibility index (Phi) is 7.71. The van der Waals surface area contributed by atoms with Gasteiger partial charge in [0.1, 0.15) is 12.4 Å². The van der Waals surface area contributed by atoms with Crippen LogP contribution in [0, 0.1) is 10.1 Å². The van der Waals surface area contributed by atoms with Gasteiger partial charge >= 0.3 is 0 Å².